The molecule has 1 heterocycles. The number of rotatable bonds is 3. The number of pyridine rings is 1. The molecule has 2 rings (SSSR count). The number of aromatic nitrogens is 1. The number of fused-ring (bicyclic) bond motifs is 1. The molecule has 0 aliphatic carbocycles. The summed E-state index contributed by atoms with van der Waals surface area (Å²) in [4.78, 5) is 12.2. The molecule has 4 heteroatoms. The van der Waals surface area contributed by atoms with Gasteiger partial charge in [0.25, 0.3) is 0 Å². The summed E-state index contributed by atoms with van der Waals surface area (Å²) in [7, 11) is 3.02. The second-order valence-corrected chi connectivity index (χ2v) is 3.63. The van der Waals surface area contributed by atoms with Gasteiger partial charge in [0.2, 0.25) is 17.1 Å². The predicted octanol–water partition coefficient (Wildman–Crippen LogP) is 2.04. The molecule has 0 fully saturated rings. The molecule has 1 aromatic carbocycles. The summed E-state index contributed by atoms with van der Waals surface area (Å²) in [5.74, 6) is 0.728. The van der Waals surface area contributed by atoms with Gasteiger partial charge in [-0.15, -0.1) is 0 Å². The highest BCUT2D eigenvalue weighted by Gasteiger charge is 2.16. The van der Waals surface area contributed by atoms with E-state index in [1.165, 1.54) is 14.2 Å². The highest BCUT2D eigenvalue weighted by Crippen LogP contribution is 2.27. The Labute approximate surface area is 99.4 Å². The number of aryl methyl sites for hydroxylation is 1. The highest BCUT2D eigenvalue weighted by atomic mass is 16.5. The molecular weight excluding hydrogens is 218 g/mol. The lowest BCUT2D eigenvalue weighted by atomic mass is 10.2. The average Bonchev–Trinajstić information content (AvgIpc) is 2.38. The molecule has 0 unspecified atom stereocenters. The van der Waals surface area contributed by atoms with Crippen LogP contribution in [0.1, 0.15) is 6.92 Å². The van der Waals surface area contributed by atoms with Crippen LogP contribution in [-0.4, -0.2) is 18.8 Å². The van der Waals surface area contributed by atoms with Crippen molar-refractivity contribution in [3.05, 3.63) is 34.5 Å². The first-order valence-electron chi connectivity index (χ1n) is 5.48. The first kappa shape index (κ1) is 11.5. The third kappa shape index (κ3) is 1.65. The molecule has 0 saturated carbocycles. The smallest absolute Gasteiger partial charge is 0.241 e. The van der Waals surface area contributed by atoms with Crippen molar-refractivity contribution in [1.82, 2.24) is 4.57 Å². The van der Waals surface area contributed by atoms with E-state index in [1.54, 1.807) is 6.07 Å². The van der Waals surface area contributed by atoms with Gasteiger partial charge in [0, 0.05) is 11.9 Å². The van der Waals surface area contributed by atoms with Crippen LogP contribution < -0.4 is 14.9 Å². The van der Waals surface area contributed by atoms with E-state index in [0.29, 0.717) is 17.8 Å². The van der Waals surface area contributed by atoms with Gasteiger partial charge in [0.15, 0.2) is 0 Å². The van der Waals surface area contributed by atoms with Crippen LogP contribution >= 0.6 is 0 Å². The molecule has 1 aromatic heterocycles. The molecule has 0 spiro atoms. The fourth-order valence-electron chi connectivity index (χ4n) is 2.05. The Morgan fingerprint density at radius 3 is 2.47 bits per heavy atom. The van der Waals surface area contributed by atoms with Crippen LogP contribution in [0, 0.1) is 0 Å². The average molecular weight is 233 g/mol. The normalized spacial score (nSPS) is 10.5. The maximum atomic E-state index is 12.2. The van der Waals surface area contributed by atoms with E-state index in [-0.39, 0.29) is 11.2 Å². The lowest BCUT2D eigenvalue weighted by Crippen LogP contribution is -2.15. The van der Waals surface area contributed by atoms with E-state index in [4.69, 9.17) is 9.47 Å². The molecule has 4 nitrogen and oxygen atoms in total. The third-order valence-electron chi connectivity index (χ3n) is 2.80. The molecule has 0 bridgehead atoms. The van der Waals surface area contributed by atoms with Crippen molar-refractivity contribution >= 4 is 10.9 Å². The number of hydrogen-bond donors (Lipinski definition) is 0. The van der Waals surface area contributed by atoms with E-state index in [2.05, 4.69) is 0 Å². The summed E-state index contributed by atoms with van der Waals surface area (Å²) in [6, 6.07) is 7.45. The summed E-state index contributed by atoms with van der Waals surface area (Å²) in [5, 5.41) is 0.645. The standard InChI is InChI=1S/C13H15NO3/c1-4-14-10-8-6-5-7-9(10)11(15)12(16-2)13(14)17-3/h5-8H,4H2,1-3H3. The van der Waals surface area contributed by atoms with Gasteiger partial charge in [-0.3, -0.25) is 4.79 Å². The molecule has 0 aliphatic heterocycles. The Morgan fingerprint density at radius 1 is 1.18 bits per heavy atom. The maximum Gasteiger partial charge on any atom is 0.241 e. The molecule has 0 amide bonds. The first-order valence-corrected chi connectivity index (χ1v) is 5.48. The van der Waals surface area contributed by atoms with Crippen LogP contribution in [0.5, 0.6) is 11.6 Å². The van der Waals surface area contributed by atoms with E-state index >= 15 is 0 Å². The zero-order valence-corrected chi connectivity index (χ0v) is 10.2. The van der Waals surface area contributed by atoms with Gasteiger partial charge in [-0.05, 0) is 19.1 Å². The van der Waals surface area contributed by atoms with Crippen molar-refractivity contribution in [2.45, 2.75) is 13.5 Å². The second kappa shape index (κ2) is 4.49. The summed E-state index contributed by atoms with van der Waals surface area (Å²) in [6.07, 6.45) is 0. The lowest BCUT2D eigenvalue weighted by Gasteiger charge is -2.16. The van der Waals surface area contributed by atoms with Crippen LogP contribution in [0.2, 0.25) is 0 Å². The number of hydrogen-bond acceptors (Lipinski definition) is 3. The van der Waals surface area contributed by atoms with E-state index in [0.717, 1.165) is 5.52 Å². The Bertz CT molecular complexity index is 601. The van der Waals surface area contributed by atoms with Gasteiger partial charge in [-0.1, -0.05) is 12.1 Å². The lowest BCUT2D eigenvalue weighted by molar-refractivity contribution is 0.326. The number of ether oxygens (including phenoxy) is 2. The van der Waals surface area contributed by atoms with Crippen LogP contribution in [-0.2, 0) is 6.54 Å². The van der Waals surface area contributed by atoms with Gasteiger partial charge in [-0.25, -0.2) is 0 Å². The topological polar surface area (TPSA) is 40.5 Å². The third-order valence-corrected chi connectivity index (χ3v) is 2.80. The minimum atomic E-state index is -0.135. The van der Waals surface area contributed by atoms with Crippen LogP contribution in [0.15, 0.2) is 29.1 Å². The molecule has 0 radical (unpaired) electrons. The fourth-order valence-corrected chi connectivity index (χ4v) is 2.05. The molecule has 0 N–H and O–H groups in total. The molecular formula is C13H15NO3. The molecule has 0 aliphatic rings. The number of benzene rings is 1. The second-order valence-electron chi connectivity index (χ2n) is 3.63. The zero-order valence-electron chi connectivity index (χ0n) is 10.2. The minimum absolute atomic E-state index is 0.135. The molecule has 0 saturated heterocycles. The van der Waals surface area contributed by atoms with Crippen LogP contribution in [0.3, 0.4) is 0 Å². The number of nitrogens with zero attached hydrogens (tertiary/aromatic N) is 1. The highest BCUT2D eigenvalue weighted by molar-refractivity contribution is 5.81. The van der Waals surface area contributed by atoms with Crippen molar-refractivity contribution in [3.63, 3.8) is 0 Å². The summed E-state index contributed by atoms with van der Waals surface area (Å²) in [5.41, 5.74) is 0.724. The van der Waals surface area contributed by atoms with Crippen molar-refractivity contribution in [2.24, 2.45) is 0 Å². The SMILES string of the molecule is CCn1c(OC)c(OC)c(=O)c2ccccc21. The van der Waals surface area contributed by atoms with Gasteiger partial charge >= 0.3 is 0 Å². The Hall–Kier alpha value is -1.97. The van der Waals surface area contributed by atoms with Gasteiger partial charge in [0.1, 0.15) is 0 Å². The number of methoxy groups -OCH3 is 2. The monoisotopic (exact) mass is 233 g/mol. The van der Waals surface area contributed by atoms with Gasteiger partial charge < -0.3 is 14.0 Å². The zero-order chi connectivity index (χ0) is 12.4. The maximum absolute atomic E-state index is 12.2. The molecule has 2 aromatic rings. The molecule has 17 heavy (non-hydrogen) atoms. The molecule has 90 valence electrons. The van der Waals surface area contributed by atoms with Gasteiger partial charge in [0.05, 0.1) is 19.7 Å². The number of para-hydroxylation sites is 1. The quantitative estimate of drug-likeness (QED) is 0.814. The van der Waals surface area contributed by atoms with Crippen molar-refractivity contribution in [3.8, 4) is 11.6 Å². The Balaban J connectivity index is 2.99. The first-order chi connectivity index (χ1) is 8.24. The van der Waals surface area contributed by atoms with Crippen LogP contribution in [0.25, 0.3) is 10.9 Å². The Morgan fingerprint density at radius 2 is 1.88 bits per heavy atom. The summed E-state index contributed by atoms with van der Waals surface area (Å²) in [6.45, 7) is 2.71. The van der Waals surface area contributed by atoms with Crippen molar-refractivity contribution in [2.75, 3.05) is 14.2 Å². The summed E-state index contributed by atoms with van der Waals surface area (Å²) >= 11 is 0. The molecule has 0 atom stereocenters. The van der Waals surface area contributed by atoms with E-state index < -0.39 is 0 Å². The van der Waals surface area contributed by atoms with Crippen LogP contribution in [0.4, 0.5) is 0 Å². The fraction of sp³-hybridized carbons (Fsp3) is 0.308. The minimum Gasteiger partial charge on any atom is -0.488 e. The van der Waals surface area contributed by atoms with E-state index in [9.17, 15) is 4.79 Å². The predicted molar refractivity (Wildman–Crippen MR) is 67.0 cm³/mol. The Kier molecular flexibility index (Phi) is 3.04. The van der Waals surface area contributed by atoms with Crippen molar-refractivity contribution < 1.29 is 9.47 Å². The largest absolute Gasteiger partial charge is 0.488 e. The van der Waals surface area contributed by atoms with Crippen molar-refractivity contribution in [1.29, 1.82) is 0 Å². The van der Waals surface area contributed by atoms with E-state index in [1.807, 2.05) is 29.7 Å². The van der Waals surface area contributed by atoms with Gasteiger partial charge in [-0.2, -0.15) is 0 Å². The summed E-state index contributed by atoms with van der Waals surface area (Å²) < 4.78 is 12.4.